The van der Waals surface area contributed by atoms with Gasteiger partial charge in [0, 0.05) is 61.9 Å². The number of carbonyl (C=O) groups is 6. The Balaban J connectivity index is 0.000000302. The molecule has 0 aromatic heterocycles. The molecule has 0 bridgehead atoms. The fraction of sp³-hybridized carbons (Fsp3) is 0.486. The molecule has 0 spiro atoms. The molecule has 1 atom stereocenters. The first kappa shape index (κ1) is 37.3. The third kappa shape index (κ3) is 9.79. The van der Waals surface area contributed by atoms with Crippen LogP contribution in [0, 0.1) is 12.8 Å². The van der Waals surface area contributed by atoms with Gasteiger partial charge in [-0.1, -0.05) is 29.8 Å². The highest BCUT2D eigenvalue weighted by Crippen LogP contribution is 2.30. The molecule has 1 unspecified atom stereocenters. The average molecular weight is 698 g/mol. The van der Waals surface area contributed by atoms with E-state index < -0.39 is 17.6 Å². The molecule has 2 aromatic carbocycles. The lowest BCUT2D eigenvalue weighted by atomic mass is 9.99. The van der Waals surface area contributed by atoms with E-state index in [0.29, 0.717) is 29.4 Å². The molecule has 2 aromatic rings. The zero-order chi connectivity index (χ0) is 35.9. The normalized spacial score (nSPS) is 18.0. The van der Waals surface area contributed by atoms with Gasteiger partial charge in [-0.15, -0.1) is 0 Å². The van der Waals surface area contributed by atoms with E-state index in [0.717, 1.165) is 40.7 Å². The fourth-order valence-corrected chi connectivity index (χ4v) is 5.89. The molecule has 14 heteroatoms. The van der Waals surface area contributed by atoms with Crippen molar-refractivity contribution in [2.45, 2.75) is 78.1 Å². The smallest absolute Gasteiger partial charge is 0.410 e. The maximum atomic E-state index is 13.0. The van der Waals surface area contributed by atoms with E-state index in [1.165, 1.54) is 12.0 Å². The van der Waals surface area contributed by atoms with Crippen LogP contribution in [0.15, 0.2) is 36.4 Å². The maximum absolute atomic E-state index is 13.0. The van der Waals surface area contributed by atoms with Crippen LogP contribution in [0.1, 0.15) is 73.5 Å². The number of likely N-dealkylation sites (tertiary alicyclic amines) is 2. The summed E-state index contributed by atoms with van der Waals surface area (Å²) in [6.07, 6.45) is 2.68. The number of anilines is 1. The van der Waals surface area contributed by atoms with Crippen molar-refractivity contribution in [2.24, 2.45) is 5.92 Å². The summed E-state index contributed by atoms with van der Waals surface area (Å²) in [4.78, 5) is 76.5. The second kappa shape index (κ2) is 16.3. The summed E-state index contributed by atoms with van der Waals surface area (Å²) < 4.78 is 10.2. The van der Waals surface area contributed by atoms with Gasteiger partial charge in [0.25, 0.3) is 11.8 Å². The second-order valence-corrected chi connectivity index (χ2v) is 13.7. The van der Waals surface area contributed by atoms with Crippen LogP contribution in [0.2, 0.25) is 5.02 Å². The number of ether oxygens (including phenoxy) is 2. The Morgan fingerprint density at radius 2 is 1.76 bits per heavy atom. The minimum atomic E-state index is -0.707. The number of nitrogens with one attached hydrogen (secondary N) is 2. The van der Waals surface area contributed by atoms with Gasteiger partial charge in [-0.2, -0.15) is 0 Å². The summed E-state index contributed by atoms with van der Waals surface area (Å²) >= 11 is 6.09. The predicted octanol–water partition coefficient (Wildman–Crippen LogP) is 4.88. The number of fused-ring (bicyclic) bond motifs is 1. The van der Waals surface area contributed by atoms with Crippen molar-refractivity contribution in [3.05, 3.63) is 63.7 Å². The van der Waals surface area contributed by atoms with Crippen LogP contribution in [0.25, 0.3) is 0 Å². The molecular formula is C35H44ClN5O8. The number of carbonyl (C=O) groups excluding carboxylic acids is 6. The number of urea groups is 1. The van der Waals surface area contributed by atoms with Gasteiger partial charge in [-0.05, 0) is 81.8 Å². The number of amides is 6. The maximum Gasteiger partial charge on any atom is 0.410 e. The van der Waals surface area contributed by atoms with Gasteiger partial charge >= 0.3 is 12.1 Å². The van der Waals surface area contributed by atoms with Gasteiger partial charge in [0.15, 0.2) is 0 Å². The Kier molecular flexibility index (Phi) is 12.4. The molecule has 5 rings (SSSR count). The number of nitrogens with zero attached hydrogens (tertiary/aromatic N) is 3. The van der Waals surface area contributed by atoms with Crippen LogP contribution in [0.3, 0.4) is 0 Å². The third-order valence-corrected chi connectivity index (χ3v) is 8.79. The van der Waals surface area contributed by atoms with Crippen molar-refractivity contribution in [1.29, 1.82) is 0 Å². The Morgan fingerprint density at radius 1 is 1.04 bits per heavy atom. The van der Waals surface area contributed by atoms with Crippen LogP contribution >= 0.6 is 11.6 Å². The van der Waals surface area contributed by atoms with Crippen LogP contribution in [0.5, 0.6) is 0 Å². The third-order valence-electron chi connectivity index (χ3n) is 8.39. The first-order chi connectivity index (χ1) is 23.2. The monoisotopic (exact) mass is 697 g/mol. The first-order valence-electron chi connectivity index (χ1n) is 16.2. The Hall–Kier alpha value is -4.49. The van der Waals surface area contributed by atoms with Crippen molar-refractivity contribution in [2.75, 3.05) is 32.2 Å². The van der Waals surface area contributed by atoms with Gasteiger partial charge in [-0.25, -0.2) is 9.59 Å². The number of methoxy groups -OCH3 is 1. The Labute approximate surface area is 291 Å². The summed E-state index contributed by atoms with van der Waals surface area (Å²) in [5, 5.41) is 6.09. The molecule has 0 aliphatic carbocycles. The molecule has 0 radical (unpaired) electrons. The summed E-state index contributed by atoms with van der Waals surface area (Å²) in [6.45, 7) is 9.07. The highest BCUT2D eigenvalue weighted by Gasteiger charge is 2.42. The first-order valence-corrected chi connectivity index (χ1v) is 16.6. The minimum absolute atomic E-state index is 0.115. The SMILES string of the molecule is CC(C)(C)OC(=O)N1CCC(C=O)CC1.COCN1C(=O)CCC(N2Cc3cc(CNC(=O)Nc4ccc(C)c(Cl)c4)ccc3C2=O)C1=O. The molecule has 2 fully saturated rings. The standard InChI is InChI=1S/C24H25ClN4O5.C11H19NO3/c1-14-3-5-17(10-19(14)25)27-24(33)26-11-15-4-6-18-16(9-15)12-28(22(18)31)20-7-8-21(30)29(13-34-2)23(20)32;1-11(2,3)15-10(14)12-6-4-9(8-13)5-7-12/h3-6,9-10,20H,7-8,11-13H2,1-2H3,(H2,26,27,33);8-9H,4-7H2,1-3H3. The number of hydrogen-bond acceptors (Lipinski definition) is 8. The molecule has 49 heavy (non-hydrogen) atoms. The van der Waals surface area contributed by atoms with Crippen molar-refractivity contribution in [3.8, 4) is 0 Å². The number of piperidine rings is 2. The van der Waals surface area contributed by atoms with Crippen molar-refractivity contribution < 1.29 is 38.2 Å². The van der Waals surface area contributed by atoms with Crippen molar-refractivity contribution in [3.63, 3.8) is 0 Å². The zero-order valence-corrected chi connectivity index (χ0v) is 29.3. The highest BCUT2D eigenvalue weighted by atomic mass is 35.5. The molecule has 2 saturated heterocycles. The number of benzene rings is 2. The molecule has 2 N–H and O–H groups in total. The number of rotatable bonds is 7. The molecule has 3 heterocycles. The summed E-state index contributed by atoms with van der Waals surface area (Å²) in [7, 11) is 1.41. The summed E-state index contributed by atoms with van der Waals surface area (Å²) in [5.41, 5.74) is 3.17. The highest BCUT2D eigenvalue weighted by molar-refractivity contribution is 6.31. The van der Waals surface area contributed by atoms with Crippen LogP contribution in [-0.4, -0.2) is 89.4 Å². The van der Waals surface area contributed by atoms with E-state index in [2.05, 4.69) is 10.6 Å². The molecule has 264 valence electrons. The summed E-state index contributed by atoms with van der Waals surface area (Å²) in [5.74, 6) is -0.849. The number of aldehydes is 1. The van der Waals surface area contributed by atoms with Crippen LogP contribution < -0.4 is 10.6 Å². The molecular weight excluding hydrogens is 654 g/mol. The van der Waals surface area contributed by atoms with E-state index in [1.807, 2.05) is 39.8 Å². The number of halogens is 1. The van der Waals surface area contributed by atoms with Gasteiger partial charge in [-0.3, -0.25) is 19.3 Å². The molecule has 13 nitrogen and oxygen atoms in total. The number of hydrogen-bond donors (Lipinski definition) is 2. The van der Waals surface area contributed by atoms with Crippen LogP contribution in [0.4, 0.5) is 15.3 Å². The molecule has 3 aliphatic heterocycles. The lowest BCUT2D eigenvalue weighted by Crippen LogP contribution is -2.55. The van der Waals surface area contributed by atoms with E-state index >= 15 is 0 Å². The lowest BCUT2D eigenvalue weighted by molar-refractivity contribution is -0.157. The predicted molar refractivity (Wildman–Crippen MR) is 182 cm³/mol. The van der Waals surface area contributed by atoms with E-state index in [9.17, 15) is 28.8 Å². The summed E-state index contributed by atoms with van der Waals surface area (Å²) in [6, 6.07) is 9.51. The minimum Gasteiger partial charge on any atom is -0.444 e. The van der Waals surface area contributed by atoms with Gasteiger partial charge < -0.3 is 34.7 Å². The average Bonchev–Trinajstić information content (AvgIpc) is 3.38. The quantitative estimate of drug-likeness (QED) is 0.307. The lowest BCUT2D eigenvalue weighted by Gasteiger charge is -2.34. The fourth-order valence-electron chi connectivity index (χ4n) is 5.71. The number of imide groups is 1. The van der Waals surface area contributed by atoms with Gasteiger partial charge in [0.1, 0.15) is 24.7 Å². The molecule has 3 aliphatic rings. The van der Waals surface area contributed by atoms with E-state index in [4.69, 9.17) is 21.1 Å². The molecule has 6 amide bonds. The Bertz CT molecular complexity index is 1580. The second-order valence-electron chi connectivity index (χ2n) is 13.3. The van der Waals surface area contributed by atoms with Crippen molar-refractivity contribution >= 4 is 53.4 Å². The van der Waals surface area contributed by atoms with Gasteiger partial charge in [0.05, 0.1) is 0 Å². The zero-order valence-electron chi connectivity index (χ0n) is 28.5. The Morgan fingerprint density at radius 3 is 2.39 bits per heavy atom. The van der Waals surface area contributed by atoms with E-state index in [1.54, 1.807) is 29.2 Å². The van der Waals surface area contributed by atoms with E-state index in [-0.39, 0.29) is 62.5 Å². The topological polar surface area (TPSA) is 155 Å². The van der Waals surface area contributed by atoms with Crippen LogP contribution in [-0.2, 0) is 36.9 Å². The largest absolute Gasteiger partial charge is 0.444 e. The number of aryl methyl sites for hydroxylation is 1. The van der Waals surface area contributed by atoms with Gasteiger partial charge in [0.2, 0.25) is 5.91 Å². The van der Waals surface area contributed by atoms with Crippen molar-refractivity contribution in [1.82, 2.24) is 20.0 Å². The molecule has 0 saturated carbocycles.